The second-order valence-electron chi connectivity index (χ2n) is 5.52. The van der Waals surface area contributed by atoms with Crippen LogP contribution >= 0.6 is 0 Å². The van der Waals surface area contributed by atoms with E-state index in [9.17, 15) is 4.79 Å². The van der Waals surface area contributed by atoms with Gasteiger partial charge < -0.3 is 20.4 Å². The topological polar surface area (TPSA) is 110 Å². The summed E-state index contributed by atoms with van der Waals surface area (Å²) in [5.74, 6) is 0.0957. The number of benzene rings is 1. The van der Waals surface area contributed by atoms with Crippen LogP contribution in [-0.2, 0) is 4.74 Å². The Balaban J connectivity index is 1.75. The second kappa shape index (κ2) is 5.89. The highest BCUT2D eigenvalue weighted by atomic mass is 16.5. The molecule has 3 N–H and O–H groups in total. The maximum Gasteiger partial charge on any atom is 0.268 e. The number of anilines is 2. The van der Waals surface area contributed by atoms with Crippen LogP contribution < -0.4 is 16.2 Å². The molecule has 24 heavy (non-hydrogen) atoms. The van der Waals surface area contributed by atoms with E-state index in [1.165, 1.54) is 6.20 Å². The van der Waals surface area contributed by atoms with Crippen LogP contribution in [0.4, 0.5) is 11.6 Å². The van der Waals surface area contributed by atoms with Gasteiger partial charge in [-0.05, 0) is 12.1 Å². The van der Waals surface area contributed by atoms with Crippen LogP contribution in [0.1, 0.15) is 0 Å². The van der Waals surface area contributed by atoms with Gasteiger partial charge in [0.2, 0.25) is 5.95 Å². The summed E-state index contributed by atoms with van der Waals surface area (Å²) in [4.78, 5) is 28.8. The number of ether oxygens (including phenoxy) is 1. The zero-order valence-corrected chi connectivity index (χ0v) is 12.9. The van der Waals surface area contributed by atoms with E-state index in [0.29, 0.717) is 16.9 Å². The Labute approximate surface area is 137 Å². The van der Waals surface area contributed by atoms with Crippen molar-refractivity contribution >= 4 is 22.8 Å². The molecule has 1 fully saturated rings. The zero-order valence-electron chi connectivity index (χ0n) is 12.9. The third-order valence-corrected chi connectivity index (χ3v) is 3.97. The zero-order chi connectivity index (χ0) is 16.5. The number of hydrogen-bond acceptors (Lipinski definition) is 7. The molecule has 1 saturated heterocycles. The molecule has 0 saturated carbocycles. The molecule has 0 spiro atoms. The van der Waals surface area contributed by atoms with Crippen LogP contribution in [-0.4, -0.2) is 46.2 Å². The molecule has 1 aliphatic rings. The predicted octanol–water partition coefficient (Wildman–Crippen LogP) is 0.799. The minimum atomic E-state index is -0.325. The Hall–Kier alpha value is -3.00. The van der Waals surface area contributed by atoms with Gasteiger partial charge in [0, 0.05) is 24.3 Å². The third kappa shape index (κ3) is 2.67. The number of fused-ring (bicyclic) bond motifs is 1. The first kappa shape index (κ1) is 14.6. The van der Waals surface area contributed by atoms with E-state index in [2.05, 4.69) is 24.8 Å². The summed E-state index contributed by atoms with van der Waals surface area (Å²) in [5, 5.41) is 0. The number of nitrogens with one attached hydrogen (secondary N) is 1. The van der Waals surface area contributed by atoms with Crippen LogP contribution in [0.25, 0.3) is 22.4 Å². The fourth-order valence-electron chi connectivity index (χ4n) is 2.81. The molecule has 0 aliphatic carbocycles. The molecule has 3 aromatic rings. The average Bonchev–Trinajstić information content (AvgIpc) is 2.61. The van der Waals surface area contributed by atoms with Crippen molar-refractivity contribution in [1.29, 1.82) is 0 Å². The molecule has 1 aliphatic heterocycles. The molecule has 0 amide bonds. The molecule has 122 valence electrons. The van der Waals surface area contributed by atoms with Gasteiger partial charge in [0.15, 0.2) is 5.65 Å². The first-order chi connectivity index (χ1) is 11.7. The first-order valence-electron chi connectivity index (χ1n) is 7.66. The van der Waals surface area contributed by atoms with Crippen LogP contribution in [0.5, 0.6) is 0 Å². The molecule has 0 atom stereocenters. The van der Waals surface area contributed by atoms with Gasteiger partial charge in [-0.1, -0.05) is 12.1 Å². The molecule has 0 radical (unpaired) electrons. The summed E-state index contributed by atoms with van der Waals surface area (Å²) in [7, 11) is 0. The maximum absolute atomic E-state index is 11.4. The van der Waals surface area contributed by atoms with Gasteiger partial charge in [-0.25, -0.2) is 9.97 Å². The Kier molecular flexibility index (Phi) is 3.58. The highest BCUT2D eigenvalue weighted by Gasteiger charge is 2.13. The molecular formula is C16H16N6O2. The minimum absolute atomic E-state index is 0.0957. The lowest BCUT2D eigenvalue weighted by Gasteiger charge is -2.28. The van der Waals surface area contributed by atoms with Crippen LogP contribution in [0.2, 0.25) is 0 Å². The summed E-state index contributed by atoms with van der Waals surface area (Å²) in [6.07, 6.45) is 1.22. The van der Waals surface area contributed by atoms with Gasteiger partial charge in [-0.3, -0.25) is 4.79 Å². The first-order valence-corrected chi connectivity index (χ1v) is 7.66. The quantitative estimate of drug-likeness (QED) is 0.717. The van der Waals surface area contributed by atoms with Crippen molar-refractivity contribution in [3.05, 3.63) is 40.8 Å². The van der Waals surface area contributed by atoms with E-state index in [1.807, 2.05) is 24.3 Å². The second-order valence-corrected chi connectivity index (χ2v) is 5.52. The fraction of sp³-hybridized carbons (Fsp3) is 0.250. The number of aromatic amines is 1. The minimum Gasteiger partial charge on any atom is -0.378 e. The Morgan fingerprint density at radius 2 is 1.88 bits per heavy atom. The number of aromatic nitrogens is 4. The molecular weight excluding hydrogens is 308 g/mol. The van der Waals surface area contributed by atoms with Crippen LogP contribution in [0, 0.1) is 0 Å². The molecule has 1 aromatic carbocycles. The van der Waals surface area contributed by atoms with E-state index in [0.717, 1.165) is 37.6 Å². The predicted molar refractivity (Wildman–Crippen MR) is 90.8 cm³/mol. The largest absolute Gasteiger partial charge is 0.378 e. The number of rotatable bonds is 2. The van der Waals surface area contributed by atoms with Crippen molar-refractivity contribution < 1.29 is 4.74 Å². The molecule has 3 heterocycles. The number of nitrogens with zero attached hydrogens (tertiary/aromatic N) is 4. The molecule has 4 rings (SSSR count). The van der Waals surface area contributed by atoms with Gasteiger partial charge in [0.05, 0.1) is 19.4 Å². The van der Waals surface area contributed by atoms with Gasteiger partial charge >= 0.3 is 0 Å². The average molecular weight is 324 g/mol. The van der Waals surface area contributed by atoms with Crippen LogP contribution in [0.3, 0.4) is 0 Å². The molecule has 0 bridgehead atoms. The number of hydrogen-bond donors (Lipinski definition) is 2. The lowest BCUT2D eigenvalue weighted by Crippen LogP contribution is -2.36. The van der Waals surface area contributed by atoms with Crippen molar-refractivity contribution in [2.24, 2.45) is 0 Å². The van der Waals surface area contributed by atoms with E-state index in [4.69, 9.17) is 10.5 Å². The number of H-pyrrole nitrogens is 1. The fourth-order valence-corrected chi connectivity index (χ4v) is 2.81. The van der Waals surface area contributed by atoms with Gasteiger partial charge in [-0.2, -0.15) is 4.98 Å². The standard InChI is InChI=1S/C16H16N6O2/c17-16-20-13(14-15(21-16)19-12(23)9-18-14)10-1-3-11(4-2-10)22-5-7-24-8-6-22/h1-4,9H,5-8H2,(H3,17,19,20,21,23). The normalized spacial score (nSPS) is 14.9. The monoisotopic (exact) mass is 324 g/mol. The van der Waals surface area contributed by atoms with Gasteiger partial charge in [-0.15, -0.1) is 0 Å². The van der Waals surface area contributed by atoms with Crippen LogP contribution in [0.15, 0.2) is 35.3 Å². The van der Waals surface area contributed by atoms with Gasteiger partial charge in [0.25, 0.3) is 5.56 Å². The van der Waals surface area contributed by atoms with E-state index < -0.39 is 0 Å². The summed E-state index contributed by atoms with van der Waals surface area (Å²) in [6, 6.07) is 8.02. The van der Waals surface area contributed by atoms with Crippen molar-refractivity contribution in [3.63, 3.8) is 0 Å². The Morgan fingerprint density at radius 1 is 1.12 bits per heavy atom. The highest BCUT2D eigenvalue weighted by molar-refractivity contribution is 5.87. The molecule has 8 heteroatoms. The molecule has 2 aromatic heterocycles. The molecule has 8 nitrogen and oxygen atoms in total. The van der Waals surface area contributed by atoms with Crippen molar-refractivity contribution in [2.75, 3.05) is 36.9 Å². The summed E-state index contributed by atoms with van der Waals surface area (Å²) in [6.45, 7) is 3.25. The molecule has 0 unspecified atom stereocenters. The van der Waals surface area contributed by atoms with Crippen molar-refractivity contribution in [1.82, 2.24) is 19.9 Å². The summed E-state index contributed by atoms with van der Waals surface area (Å²) in [5.41, 5.74) is 8.89. The third-order valence-electron chi connectivity index (χ3n) is 3.97. The van der Waals surface area contributed by atoms with Gasteiger partial charge in [0.1, 0.15) is 11.2 Å². The Morgan fingerprint density at radius 3 is 2.62 bits per heavy atom. The number of nitrogens with two attached hydrogens (primary N) is 1. The highest BCUT2D eigenvalue weighted by Crippen LogP contribution is 2.26. The Bertz CT molecular complexity index is 931. The summed E-state index contributed by atoms with van der Waals surface area (Å²) >= 11 is 0. The smallest absolute Gasteiger partial charge is 0.268 e. The number of morpholine rings is 1. The van der Waals surface area contributed by atoms with E-state index >= 15 is 0 Å². The van der Waals surface area contributed by atoms with E-state index in [1.54, 1.807) is 0 Å². The SMILES string of the molecule is Nc1nc(-c2ccc(N3CCOCC3)cc2)c2ncc(=O)[nH]c2n1. The summed E-state index contributed by atoms with van der Waals surface area (Å²) < 4.78 is 5.38. The lowest BCUT2D eigenvalue weighted by molar-refractivity contribution is 0.122. The van der Waals surface area contributed by atoms with Crippen molar-refractivity contribution in [2.45, 2.75) is 0 Å². The van der Waals surface area contributed by atoms with Crippen molar-refractivity contribution in [3.8, 4) is 11.3 Å². The maximum atomic E-state index is 11.4. The van der Waals surface area contributed by atoms with E-state index in [-0.39, 0.29) is 11.5 Å². The lowest BCUT2D eigenvalue weighted by atomic mass is 10.1. The number of nitrogen functional groups attached to an aromatic ring is 1.